The maximum Gasteiger partial charge on any atom is 0.261 e. The summed E-state index contributed by atoms with van der Waals surface area (Å²) < 4.78 is 19.3. The second-order valence-electron chi connectivity index (χ2n) is 8.29. The number of ether oxygens (including phenoxy) is 1. The highest BCUT2D eigenvalue weighted by atomic mass is 19.1. The SMILES string of the molecule is CCCOc1cc([C@H](C)NCCCCCCCN2C(=O)c3ccccc3C2=O)ccc1F. The average molecular weight is 441 g/mol. The minimum atomic E-state index is -0.324. The number of fused-ring (bicyclic) bond motifs is 1. The van der Waals surface area contributed by atoms with Crippen LogP contribution < -0.4 is 10.1 Å². The summed E-state index contributed by atoms with van der Waals surface area (Å²) in [5.41, 5.74) is 2.05. The van der Waals surface area contributed by atoms with Crippen molar-refractivity contribution in [2.75, 3.05) is 19.7 Å². The highest BCUT2D eigenvalue weighted by molar-refractivity contribution is 6.21. The van der Waals surface area contributed by atoms with Gasteiger partial charge >= 0.3 is 0 Å². The Morgan fingerprint density at radius 3 is 2.31 bits per heavy atom. The molecule has 1 atom stereocenters. The summed E-state index contributed by atoms with van der Waals surface area (Å²) in [6.07, 6.45) is 5.83. The van der Waals surface area contributed by atoms with E-state index in [4.69, 9.17) is 4.74 Å². The van der Waals surface area contributed by atoms with Crippen molar-refractivity contribution in [1.29, 1.82) is 0 Å². The molecular formula is C26H33FN2O3. The third kappa shape index (κ3) is 5.94. The monoisotopic (exact) mass is 440 g/mol. The van der Waals surface area contributed by atoms with E-state index in [-0.39, 0.29) is 23.7 Å². The first-order valence-electron chi connectivity index (χ1n) is 11.6. The van der Waals surface area contributed by atoms with E-state index in [1.165, 1.54) is 11.0 Å². The van der Waals surface area contributed by atoms with E-state index in [1.54, 1.807) is 36.4 Å². The van der Waals surface area contributed by atoms with Gasteiger partial charge in [-0.2, -0.15) is 0 Å². The number of unbranched alkanes of at least 4 members (excludes halogenated alkanes) is 4. The van der Waals surface area contributed by atoms with Crippen molar-refractivity contribution in [3.05, 3.63) is 65.0 Å². The summed E-state index contributed by atoms with van der Waals surface area (Å²) in [6, 6.07) is 12.2. The van der Waals surface area contributed by atoms with E-state index >= 15 is 0 Å². The Bertz CT molecular complexity index is 896. The molecular weight excluding hydrogens is 407 g/mol. The van der Waals surface area contributed by atoms with Crippen LogP contribution in [0.25, 0.3) is 0 Å². The number of nitrogens with zero attached hydrogens (tertiary/aromatic N) is 1. The Kier molecular flexibility index (Phi) is 8.80. The summed E-state index contributed by atoms with van der Waals surface area (Å²) in [4.78, 5) is 26.1. The van der Waals surface area contributed by atoms with Crippen LogP contribution in [-0.4, -0.2) is 36.4 Å². The average Bonchev–Trinajstić information content (AvgIpc) is 3.05. The molecule has 0 aromatic heterocycles. The van der Waals surface area contributed by atoms with Gasteiger partial charge in [0.1, 0.15) is 0 Å². The zero-order valence-corrected chi connectivity index (χ0v) is 19.0. The van der Waals surface area contributed by atoms with Gasteiger partial charge in [-0.05, 0) is 62.6 Å². The topological polar surface area (TPSA) is 58.6 Å². The van der Waals surface area contributed by atoms with Crippen LogP contribution in [0.5, 0.6) is 5.75 Å². The van der Waals surface area contributed by atoms with E-state index in [1.807, 2.05) is 6.92 Å². The van der Waals surface area contributed by atoms with Gasteiger partial charge in [0.2, 0.25) is 0 Å². The van der Waals surface area contributed by atoms with Crippen molar-refractivity contribution in [1.82, 2.24) is 10.2 Å². The highest BCUT2D eigenvalue weighted by Crippen LogP contribution is 2.24. The molecule has 5 nitrogen and oxygen atoms in total. The Labute approximate surface area is 190 Å². The molecule has 0 saturated heterocycles. The van der Waals surface area contributed by atoms with E-state index in [0.29, 0.717) is 30.0 Å². The van der Waals surface area contributed by atoms with Gasteiger partial charge in [0, 0.05) is 12.6 Å². The molecule has 0 spiro atoms. The maximum atomic E-state index is 13.8. The first kappa shape index (κ1) is 23.9. The molecule has 6 heteroatoms. The Hall–Kier alpha value is -2.73. The lowest BCUT2D eigenvalue weighted by Gasteiger charge is -2.16. The van der Waals surface area contributed by atoms with Gasteiger partial charge in [0.25, 0.3) is 11.8 Å². The second kappa shape index (κ2) is 11.8. The molecule has 32 heavy (non-hydrogen) atoms. The van der Waals surface area contributed by atoms with Crippen molar-refractivity contribution in [3.63, 3.8) is 0 Å². The van der Waals surface area contributed by atoms with Crippen LogP contribution in [0.1, 0.15) is 84.7 Å². The zero-order chi connectivity index (χ0) is 22.9. The summed E-state index contributed by atoms with van der Waals surface area (Å²) in [7, 11) is 0. The third-order valence-corrected chi connectivity index (χ3v) is 5.80. The van der Waals surface area contributed by atoms with Crippen LogP contribution in [0.15, 0.2) is 42.5 Å². The van der Waals surface area contributed by atoms with Crippen molar-refractivity contribution >= 4 is 11.8 Å². The fraction of sp³-hybridized carbons (Fsp3) is 0.462. The summed E-state index contributed by atoms with van der Waals surface area (Å²) in [5, 5.41) is 3.48. The smallest absolute Gasteiger partial charge is 0.261 e. The first-order valence-corrected chi connectivity index (χ1v) is 11.6. The number of imide groups is 1. The van der Waals surface area contributed by atoms with E-state index in [2.05, 4.69) is 12.2 Å². The van der Waals surface area contributed by atoms with E-state index in [0.717, 1.165) is 50.6 Å². The van der Waals surface area contributed by atoms with Crippen molar-refractivity contribution in [3.8, 4) is 5.75 Å². The number of benzene rings is 2. The molecule has 1 aliphatic rings. The summed E-state index contributed by atoms with van der Waals surface area (Å²) in [5.74, 6) is -0.354. The van der Waals surface area contributed by atoms with Gasteiger partial charge in [-0.15, -0.1) is 0 Å². The predicted molar refractivity (Wildman–Crippen MR) is 123 cm³/mol. The molecule has 0 bridgehead atoms. The standard InChI is InChI=1S/C26H33FN2O3/c1-3-17-32-24-18-20(13-14-23(24)27)19(2)28-15-9-5-4-6-10-16-29-25(30)21-11-7-8-12-22(21)26(29)31/h7-8,11-14,18-19,28H,3-6,9-10,15-17H2,1-2H3/t19-/m0/s1. The van der Waals surface area contributed by atoms with Crippen LogP contribution in [0.4, 0.5) is 4.39 Å². The lowest BCUT2D eigenvalue weighted by molar-refractivity contribution is 0.0651. The molecule has 1 N–H and O–H groups in total. The van der Waals surface area contributed by atoms with Crippen LogP contribution >= 0.6 is 0 Å². The third-order valence-electron chi connectivity index (χ3n) is 5.80. The minimum absolute atomic E-state index is 0.119. The number of halogens is 1. The van der Waals surface area contributed by atoms with Crippen LogP contribution in [-0.2, 0) is 0 Å². The Morgan fingerprint density at radius 1 is 0.969 bits per heavy atom. The van der Waals surface area contributed by atoms with Gasteiger partial charge in [0.15, 0.2) is 11.6 Å². The van der Waals surface area contributed by atoms with Gasteiger partial charge in [-0.1, -0.05) is 44.4 Å². The number of hydrogen-bond donors (Lipinski definition) is 1. The molecule has 172 valence electrons. The molecule has 0 fully saturated rings. The lowest BCUT2D eigenvalue weighted by Crippen LogP contribution is -2.30. The van der Waals surface area contributed by atoms with E-state index < -0.39 is 0 Å². The van der Waals surface area contributed by atoms with Crippen molar-refractivity contribution < 1.29 is 18.7 Å². The fourth-order valence-electron chi connectivity index (χ4n) is 3.92. The zero-order valence-electron chi connectivity index (χ0n) is 19.0. The van der Waals surface area contributed by atoms with Gasteiger partial charge in [-0.3, -0.25) is 14.5 Å². The minimum Gasteiger partial charge on any atom is -0.491 e. The molecule has 0 radical (unpaired) electrons. The lowest BCUT2D eigenvalue weighted by atomic mass is 10.1. The van der Waals surface area contributed by atoms with Crippen LogP contribution in [0.2, 0.25) is 0 Å². The van der Waals surface area contributed by atoms with Gasteiger partial charge < -0.3 is 10.1 Å². The maximum absolute atomic E-state index is 13.8. The molecule has 2 amide bonds. The van der Waals surface area contributed by atoms with Gasteiger partial charge in [0.05, 0.1) is 17.7 Å². The van der Waals surface area contributed by atoms with Crippen LogP contribution in [0, 0.1) is 5.82 Å². The summed E-state index contributed by atoms with van der Waals surface area (Å²) in [6.45, 7) is 5.93. The molecule has 1 heterocycles. The number of nitrogens with one attached hydrogen (secondary N) is 1. The number of carbonyl (C=O) groups is 2. The fourth-order valence-corrected chi connectivity index (χ4v) is 3.92. The van der Waals surface area contributed by atoms with Gasteiger partial charge in [-0.25, -0.2) is 4.39 Å². The Balaban J connectivity index is 1.30. The van der Waals surface area contributed by atoms with Crippen molar-refractivity contribution in [2.45, 2.75) is 58.4 Å². The van der Waals surface area contributed by atoms with Crippen LogP contribution in [0.3, 0.4) is 0 Å². The number of hydrogen-bond acceptors (Lipinski definition) is 4. The highest BCUT2D eigenvalue weighted by Gasteiger charge is 2.34. The largest absolute Gasteiger partial charge is 0.491 e. The number of rotatable bonds is 13. The number of carbonyl (C=O) groups excluding carboxylic acids is 2. The molecule has 2 aromatic carbocycles. The normalized spacial score (nSPS) is 14.0. The van der Waals surface area contributed by atoms with E-state index in [9.17, 15) is 14.0 Å². The number of amides is 2. The molecule has 0 aliphatic carbocycles. The molecule has 2 aromatic rings. The second-order valence-corrected chi connectivity index (χ2v) is 8.29. The van der Waals surface area contributed by atoms with Crippen molar-refractivity contribution in [2.24, 2.45) is 0 Å². The predicted octanol–water partition coefficient (Wildman–Crippen LogP) is 5.51. The molecule has 0 unspecified atom stereocenters. The quantitative estimate of drug-likeness (QED) is 0.329. The molecule has 1 aliphatic heterocycles. The first-order chi connectivity index (χ1) is 15.5. The Morgan fingerprint density at radius 2 is 1.62 bits per heavy atom. The summed E-state index contributed by atoms with van der Waals surface area (Å²) >= 11 is 0. The molecule has 0 saturated carbocycles. The molecule has 3 rings (SSSR count).